The van der Waals surface area contributed by atoms with Crippen LogP contribution < -0.4 is 10.1 Å². The van der Waals surface area contributed by atoms with E-state index in [0.29, 0.717) is 12.2 Å². The molecule has 27 heavy (non-hydrogen) atoms. The lowest BCUT2D eigenvalue weighted by Gasteiger charge is -2.16. The lowest BCUT2D eigenvalue weighted by Crippen LogP contribution is -2.33. The quantitative estimate of drug-likeness (QED) is 0.739. The first-order valence-electron chi connectivity index (χ1n) is 8.39. The van der Waals surface area contributed by atoms with E-state index in [1.54, 1.807) is 24.3 Å². The Bertz CT molecular complexity index is 805. The molecule has 0 radical (unpaired) electrons. The van der Waals surface area contributed by atoms with Crippen LogP contribution in [0, 0.1) is 5.82 Å². The van der Waals surface area contributed by atoms with Gasteiger partial charge in [-0.05, 0) is 49.2 Å². The summed E-state index contributed by atoms with van der Waals surface area (Å²) in [5.41, 5.74) is 1.30. The summed E-state index contributed by atoms with van der Waals surface area (Å²) >= 11 is 0. The molecule has 0 heterocycles. The highest BCUT2D eigenvalue weighted by Gasteiger charge is 2.24. The van der Waals surface area contributed by atoms with Gasteiger partial charge in [0, 0.05) is 5.56 Å². The molecule has 0 aliphatic rings. The van der Waals surface area contributed by atoms with E-state index in [1.807, 2.05) is 13.8 Å². The van der Waals surface area contributed by atoms with Crippen molar-refractivity contribution in [3.05, 3.63) is 65.0 Å². The van der Waals surface area contributed by atoms with Gasteiger partial charge in [-0.25, -0.2) is 9.18 Å². The maximum Gasteiger partial charge on any atom is 0.330 e. The predicted molar refractivity (Wildman–Crippen MR) is 97.2 cm³/mol. The van der Waals surface area contributed by atoms with E-state index in [9.17, 15) is 19.1 Å². The zero-order valence-corrected chi connectivity index (χ0v) is 15.4. The van der Waals surface area contributed by atoms with Crippen molar-refractivity contribution in [1.29, 1.82) is 0 Å². The van der Waals surface area contributed by atoms with Crippen molar-refractivity contribution in [1.82, 2.24) is 5.32 Å². The summed E-state index contributed by atoms with van der Waals surface area (Å²) in [6.07, 6.45) is 0.0918. The van der Waals surface area contributed by atoms with Gasteiger partial charge < -0.3 is 19.9 Å². The molecule has 2 aromatic carbocycles. The standard InChI is InChI=1S/C20H22FNO5/c1-12(2)27-11-13-4-6-14(7-5-13)19(23)22-18(20(24)25)15-8-9-17(26-3)16(21)10-15/h4-10,12,18H,11H2,1-3H3,(H,22,23)(H,24,25). The maximum absolute atomic E-state index is 13.9. The Morgan fingerprint density at radius 1 is 1.15 bits per heavy atom. The molecule has 2 rings (SSSR count). The van der Waals surface area contributed by atoms with E-state index < -0.39 is 23.7 Å². The molecule has 6 nitrogen and oxygen atoms in total. The Labute approximate surface area is 156 Å². The number of carbonyl (C=O) groups excluding carboxylic acids is 1. The summed E-state index contributed by atoms with van der Waals surface area (Å²) < 4.78 is 24.2. The van der Waals surface area contributed by atoms with Gasteiger partial charge >= 0.3 is 5.97 Å². The summed E-state index contributed by atoms with van der Waals surface area (Å²) in [6.45, 7) is 4.27. The number of amides is 1. The van der Waals surface area contributed by atoms with Crippen LogP contribution in [-0.2, 0) is 16.1 Å². The zero-order valence-electron chi connectivity index (χ0n) is 15.4. The van der Waals surface area contributed by atoms with Crippen LogP contribution in [0.15, 0.2) is 42.5 Å². The van der Waals surface area contributed by atoms with Crippen molar-refractivity contribution < 1.29 is 28.6 Å². The first-order valence-corrected chi connectivity index (χ1v) is 8.39. The molecule has 1 atom stereocenters. The van der Waals surface area contributed by atoms with Crippen LogP contribution in [0.25, 0.3) is 0 Å². The molecule has 1 amide bonds. The van der Waals surface area contributed by atoms with Gasteiger partial charge in [-0.2, -0.15) is 0 Å². The van der Waals surface area contributed by atoms with Crippen LogP contribution in [0.2, 0.25) is 0 Å². The van der Waals surface area contributed by atoms with Crippen LogP contribution in [0.3, 0.4) is 0 Å². The van der Waals surface area contributed by atoms with Crippen molar-refractivity contribution >= 4 is 11.9 Å². The molecule has 144 valence electrons. The van der Waals surface area contributed by atoms with Crippen molar-refractivity contribution in [2.45, 2.75) is 32.6 Å². The van der Waals surface area contributed by atoms with Crippen LogP contribution in [0.1, 0.15) is 41.4 Å². The van der Waals surface area contributed by atoms with Gasteiger partial charge in [-0.15, -0.1) is 0 Å². The molecule has 2 aromatic rings. The van der Waals surface area contributed by atoms with Crippen LogP contribution in [0.4, 0.5) is 4.39 Å². The minimum absolute atomic E-state index is 0.00609. The van der Waals surface area contributed by atoms with Crippen LogP contribution >= 0.6 is 0 Å². The van der Waals surface area contributed by atoms with E-state index in [1.165, 1.54) is 19.2 Å². The number of hydrogen-bond acceptors (Lipinski definition) is 4. The van der Waals surface area contributed by atoms with E-state index in [2.05, 4.69) is 5.32 Å². The summed E-state index contributed by atoms with van der Waals surface area (Å²) in [5, 5.41) is 11.8. The summed E-state index contributed by atoms with van der Waals surface area (Å²) in [6, 6.07) is 9.00. The Hall–Kier alpha value is -2.93. The molecule has 2 N–H and O–H groups in total. The second kappa shape index (κ2) is 9.14. The van der Waals surface area contributed by atoms with E-state index in [4.69, 9.17) is 9.47 Å². The number of nitrogens with one attached hydrogen (secondary N) is 1. The third-order valence-electron chi connectivity index (χ3n) is 3.83. The van der Waals surface area contributed by atoms with Gasteiger partial charge in [0.15, 0.2) is 17.6 Å². The molecule has 0 aliphatic carbocycles. The Balaban J connectivity index is 2.13. The highest BCUT2D eigenvalue weighted by Crippen LogP contribution is 2.22. The first kappa shape index (κ1) is 20.4. The average Bonchev–Trinajstić information content (AvgIpc) is 2.64. The van der Waals surface area contributed by atoms with Gasteiger partial charge in [0.2, 0.25) is 0 Å². The SMILES string of the molecule is COc1ccc(C(NC(=O)c2ccc(COC(C)C)cc2)C(=O)O)cc1F. The lowest BCUT2D eigenvalue weighted by molar-refractivity contribution is -0.139. The summed E-state index contributed by atoms with van der Waals surface area (Å²) in [4.78, 5) is 23.9. The van der Waals surface area contributed by atoms with Crippen molar-refractivity contribution in [3.63, 3.8) is 0 Å². The van der Waals surface area contributed by atoms with Gasteiger partial charge in [0.1, 0.15) is 0 Å². The molecule has 0 bridgehead atoms. The molecular weight excluding hydrogens is 353 g/mol. The number of hydrogen-bond donors (Lipinski definition) is 2. The van der Waals surface area contributed by atoms with Crippen molar-refractivity contribution in [3.8, 4) is 5.75 Å². The first-order chi connectivity index (χ1) is 12.8. The molecule has 1 unspecified atom stereocenters. The fourth-order valence-electron chi connectivity index (χ4n) is 2.38. The second-order valence-corrected chi connectivity index (χ2v) is 6.20. The maximum atomic E-state index is 13.9. The molecule has 0 fully saturated rings. The number of halogens is 1. The topological polar surface area (TPSA) is 84.9 Å². The van der Waals surface area contributed by atoms with Crippen molar-refractivity contribution in [2.75, 3.05) is 7.11 Å². The number of ether oxygens (including phenoxy) is 2. The largest absolute Gasteiger partial charge is 0.494 e. The number of carboxylic acids is 1. The van der Waals surface area contributed by atoms with E-state index in [-0.39, 0.29) is 17.4 Å². The molecule has 0 saturated carbocycles. The fourth-order valence-corrected chi connectivity index (χ4v) is 2.38. The number of methoxy groups -OCH3 is 1. The Morgan fingerprint density at radius 3 is 2.33 bits per heavy atom. The summed E-state index contributed by atoms with van der Waals surface area (Å²) in [7, 11) is 1.31. The molecule has 0 spiro atoms. The average molecular weight is 375 g/mol. The minimum atomic E-state index is -1.39. The Kier molecular flexibility index (Phi) is 6.90. The highest BCUT2D eigenvalue weighted by atomic mass is 19.1. The van der Waals surface area contributed by atoms with Crippen LogP contribution in [0.5, 0.6) is 5.75 Å². The number of carboxylic acid groups (broad SMARTS) is 1. The molecule has 0 aliphatic heterocycles. The molecule has 0 aromatic heterocycles. The minimum Gasteiger partial charge on any atom is -0.494 e. The monoisotopic (exact) mass is 375 g/mol. The van der Waals surface area contributed by atoms with Gasteiger partial charge in [-0.3, -0.25) is 4.79 Å². The number of benzene rings is 2. The van der Waals surface area contributed by atoms with Crippen LogP contribution in [-0.4, -0.2) is 30.2 Å². The summed E-state index contributed by atoms with van der Waals surface area (Å²) in [5.74, 6) is -2.58. The van der Waals surface area contributed by atoms with E-state index in [0.717, 1.165) is 11.6 Å². The van der Waals surface area contributed by atoms with Crippen molar-refractivity contribution in [2.24, 2.45) is 0 Å². The number of carbonyl (C=O) groups is 2. The molecule has 7 heteroatoms. The van der Waals surface area contributed by atoms with Gasteiger partial charge in [0.05, 0.1) is 19.8 Å². The highest BCUT2D eigenvalue weighted by molar-refractivity contribution is 5.96. The van der Waals surface area contributed by atoms with Gasteiger partial charge in [0.25, 0.3) is 5.91 Å². The normalized spacial score (nSPS) is 11.9. The molecular formula is C20H22FNO5. The second-order valence-electron chi connectivity index (χ2n) is 6.20. The smallest absolute Gasteiger partial charge is 0.330 e. The third-order valence-corrected chi connectivity index (χ3v) is 3.83. The Morgan fingerprint density at radius 2 is 1.81 bits per heavy atom. The lowest BCUT2D eigenvalue weighted by atomic mass is 10.1. The third kappa shape index (κ3) is 5.52. The number of aliphatic carboxylic acids is 1. The van der Waals surface area contributed by atoms with E-state index >= 15 is 0 Å². The van der Waals surface area contributed by atoms with Gasteiger partial charge in [-0.1, -0.05) is 18.2 Å². The predicted octanol–water partition coefficient (Wildman–Crippen LogP) is 3.32. The molecule has 0 saturated heterocycles. The number of rotatable bonds is 8. The zero-order chi connectivity index (χ0) is 20.0. The fraction of sp³-hybridized carbons (Fsp3) is 0.300.